The second-order valence-corrected chi connectivity index (χ2v) is 9.09. The van der Waals surface area contributed by atoms with E-state index in [0.717, 1.165) is 5.57 Å². The molecule has 0 bridgehead atoms. The Hall–Kier alpha value is -0.833. The molecule has 0 N–H and O–H groups in total. The maximum atomic E-state index is 10.7. The van der Waals surface area contributed by atoms with Gasteiger partial charge in [0.25, 0.3) is 0 Å². The molecule has 0 fully saturated rings. The third-order valence-electron chi connectivity index (χ3n) is 1.48. The standard InChI is InChI=1S/C9H14O2Si/c1-12(2,3)5-4-8-6-9(10)11-7-8/h4-6H,7H2,1-3H3/b5-4+. The zero-order chi connectivity index (χ0) is 9.19. The van der Waals surface area contributed by atoms with E-state index in [4.69, 9.17) is 4.74 Å². The Labute approximate surface area is 73.9 Å². The van der Waals surface area contributed by atoms with Gasteiger partial charge in [0.1, 0.15) is 6.61 Å². The molecule has 0 unspecified atom stereocenters. The van der Waals surface area contributed by atoms with E-state index >= 15 is 0 Å². The molecule has 0 aromatic rings. The third kappa shape index (κ3) is 3.05. The molecule has 0 aliphatic carbocycles. The quantitative estimate of drug-likeness (QED) is 0.481. The SMILES string of the molecule is C[Si](C)(C)/C=C/C1=CC(=O)OC1. The van der Waals surface area contributed by atoms with Crippen molar-refractivity contribution in [1.82, 2.24) is 0 Å². The Bertz CT molecular complexity index is 246. The first-order chi connectivity index (χ1) is 5.47. The molecule has 0 aromatic heterocycles. The van der Waals surface area contributed by atoms with Gasteiger partial charge in [-0.1, -0.05) is 31.4 Å². The van der Waals surface area contributed by atoms with E-state index in [-0.39, 0.29) is 5.97 Å². The van der Waals surface area contributed by atoms with Gasteiger partial charge in [-0.05, 0) is 5.57 Å². The molecule has 1 aliphatic heterocycles. The number of carbonyl (C=O) groups excluding carboxylic acids is 1. The molecule has 66 valence electrons. The summed E-state index contributed by atoms with van der Waals surface area (Å²) < 4.78 is 4.76. The highest BCUT2D eigenvalue weighted by Crippen LogP contribution is 2.10. The fraction of sp³-hybridized carbons (Fsp3) is 0.444. The van der Waals surface area contributed by atoms with Crippen molar-refractivity contribution in [3.05, 3.63) is 23.4 Å². The summed E-state index contributed by atoms with van der Waals surface area (Å²) in [6.07, 6.45) is 3.56. The number of rotatable bonds is 2. The molecule has 3 heteroatoms. The van der Waals surface area contributed by atoms with E-state index in [2.05, 4.69) is 25.3 Å². The Balaban J connectivity index is 2.58. The molecule has 1 aliphatic rings. The number of esters is 1. The third-order valence-corrected chi connectivity index (χ3v) is 2.65. The molecule has 2 nitrogen and oxygen atoms in total. The van der Waals surface area contributed by atoms with Crippen LogP contribution < -0.4 is 0 Å². The van der Waals surface area contributed by atoms with Gasteiger partial charge in [0.05, 0.1) is 8.07 Å². The van der Waals surface area contributed by atoms with Gasteiger partial charge in [0.2, 0.25) is 0 Å². The van der Waals surface area contributed by atoms with Crippen molar-refractivity contribution in [2.75, 3.05) is 6.61 Å². The van der Waals surface area contributed by atoms with E-state index in [1.165, 1.54) is 0 Å². The highest BCUT2D eigenvalue weighted by molar-refractivity contribution is 6.81. The Morgan fingerprint density at radius 1 is 1.50 bits per heavy atom. The topological polar surface area (TPSA) is 26.3 Å². The van der Waals surface area contributed by atoms with Gasteiger partial charge in [-0.3, -0.25) is 0 Å². The molecule has 0 radical (unpaired) electrons. The van der Waals surface area contributed by atoms with E-state index in [9.17, 15) is 4.79 Å². The summed E-state index contributed by atoms with van der Waals surface area (Å²) in [4.78, 5) is 10.7. The minimum absolute atomic E-state index is 0.217. The van der Waals surface area contributed by atoms with Crippen LogP contribution in [0.1, 0.15) is 0 Å². The minimum atomic E-state index is -1.14. The summed E-state index contributed by atoms with van der Waals surface area (Å²) in [5.74, 6) is -0.217. The van der Waals surface area contributed by atoms with Gasteiger partial charge >= 0.3 is 5.97 Å². The van der Waals surface area contributed by atoms with Crippen molar-refractivity contribution >= 4 is 14.0 Å². The van der Waals surface area contributed by atoms with Crippen LogP contribution in [0.25, 0.3) is 0 Å². The Morgan fingerprint density at radius 3 is 2.58 bits per heavy atom. The van der Waals surface area contributed by atoms with Gasteiger partial charge in [-0.25, -0.2) is 4.79 Å². The average Bonchev–Trinajstić information content (AvgIpc) is 2.30. The van der Waals surface area contributed by atoms with Crippen LogP contribution in [0.5, 0.6) is 0 Å². The predicted octanol–water partition coefficient (Wildman–Crippen LogP) is 1.90. The first-order valence-electron chi connectivity index (χ1n) is 4.04. The summed E-state index contributed by atoms with van der Waals surface area (Å²) >= 11 is 0. The number of hydrogen-bond donors (Lipinski definition) is 0. The van der Waals surface area contributed by atoms with Crippen LogP contribution >= 0.6 is 0 Å². The normalized spacial score (nSPS) is 18.2. The van der Waals surface area contributed by atoms with Gasteiger partial charge < -0.3 is 4.74 Å². The lowest BCUT2D eigenvalue weighted by Gasteiger charge is -2.07. The van der Waals surface area contributed by atoms with Gasteiger partial charge in [-0.2, -0.15) is 0 Å². The number of cyclic esters (lactones) is 1. The van der Waals surface area contributed by atoms with Crippen LogP contribution in [0.15, 0.2) is 23.4 Å². The van der Waals surface area contributed by atoms with Crippen molar-refractivity contribution in [2.45, 2.75) is 19.6 Å². The summed E-state index contributed by atoms with van der Waals surface area (Å²) in [5.41, 5.74) is 3.20. The number of hydrogen-bond acceptors (Lipinski definition) is 2. The van der Waals surface area contributed by atoms with E-state index in [1.54, 1.807) is 6.08 Å². The van der Waals surface area contributed by atoms with E-state index in [1.807, 2.05) is 6.08 Å². The average molecular weight is 182 g/mol. The summed E-state index contributed by atoms with van der Waals surface area (Å²) in [6.45, 7) is 7.20. The zero-order valence-corrected chi connectivity index (χ0v) is 8.76. The molecule has 1 heterocycles. The first kappa shape index (κ1) is 9.26. The van der Waals surface area contributed by atoms with Crippen molar-refractivity contribution in [1.29, 1.82) is 0 Å². The van der Waals surface area contributed by atoms with Gasteiger partial charge in [0, 0.05) is 6.08 Å². The molecule has 0 amide bonds. The smallest absolute Gasteiger partial charge is 0.331 e. The summed E-state index contributed by atoms with van der Waals surface area (Å²) in [7, 11) is -1.14. The largest absolute Gasteiger partial charge is 0.458 e. The predicted molar refractivity (Wildman–Crippen MR) is 51.5 cm³/mol. The molecule has 1 rings (SSSR count). The van der Waals surface area contributed by atoms with Crippen molar-refractivity contribution in [2.24, 2.45) is 0 Å². The van der Waals surface area contributed by atoms with Crippen molar-refractivity contribution in [3.63, 3.8) is 0 Å². The summed E-state index contributed by atoms with van der Waals surface area (Å²) in [5, 5.41) is 0. The van der Waals surface area contributed by atoms with Crippen molar-refractivity contribution in [3.8, 4) is 0 Å². The van der Waals surface area contributed by atoms with Crippen LogP contribution in [-0.2, 0) is 9.53 Å². The molecule has 0 saturated heterocycles. The molecular formula is C9H14O2Si. The number of carbonyl (C=O) groups is 1. The van der Waals surface area contributed by atoms with Crippen LogP contribution in [-0.4, -0.2) is 20.7 Å². The lowest BCUT2D eigenvalue weighted by molar-refractivity contribution is -0.134. The second-order valence-electron chi connectivity index (χ2n) is 4.03. The monoisotopic (exact) mass is 182 g/mol. The molecule has 0 spiro atoms. The lowest BCUT2D eigenvalue weighted by atomic mass is 10.3. The minimum Gasteiger partial charge on any atom is -0.458 e. The van der Waals surface area contributed by atoms with E-state index < -0.39 is 8.07 Å². The van der Waals surface area contributed by atoms with Crippen LogP contribution in [0.2, 0.25) is 19.6 Å². The molecule has 12 heavy (non-hydrogen) atoms. The molecule has 0 atom stereocenters. The van der Waals surface area contributed by atoms with Crippen molar-refractivity contribution < 1.29 is 9.53 Å². The number of ether oxygens (including phenoxy) is 1. The lowest BCUT2D eigenvalue weighted by Crippen LogP contribution is -2.15. The highest BCUT2D eigenvalue weighted by atomic mass is 28.3. The van der Waals surface area contributed by atoms with Gasteiger partial charge in [0.15, 0.2) is 0 Å². The maximum absolute atomic E-state index is 10.7. The molecule has 0 saturated carbocycles. The molecule has 0 aromatic carbocycles. The Kier molecular flexibility index (Phi) is 2.52. The second kappa shape index (κ2) is 3.27. The zero-order valence-electron chi connectivity index (χ0n) is 7.76. The summed E-state index contributed by atoms with van der Waals surface area (Å²) in [6, 6.07) is 0. The van der Waals surface area contributed by atoms with E-state index in [0.29, 0.717) is 6.61 Å². The molecular weight excluding hydrogens is 168 g/mol. The van der Waals surface area contributed by atoms with Crippen LogP contribution in [0.4, 0.5) is 0 Å². The highest BCUT2D eigenvalue weighted by Gasteiger charge is 2.12. The first-order valence-corrected chi connectivity index (χ1v) is 7.62. The Morgan fingerprint density at radius 2 is 2.17 bits per heavy atom. The fourth-order valence-electron chi connectivity index (χ4n) is 0.842. The van der Waals surface area contributed by atoms with Crippen LogP contribution in [0, 0.1) is 0 Å². The maximum Gasteiger partial charge on any atom is 0.331 e. The fourth-order valence-corrected chi connectivity index (χ4v) is 1.56. The van der Waals surface area contributed by atoms with Gasteiger partial charge in [-0.15, -0.1) is 0 Å². The van der Waals surface area contributed by atoms with Crippen LogP contribution in [0.3, 0.4) is 0 Å².